The van der Waals surface area contributed by atoms with Crippen LogP contribution < -0.4 is 5.32 Å². The van der Waals surface area contributed by atoms with E-state index in [1.54, 1.807) is 12.1 Å². The second kappa shape index (κ2) is 9.45. The predicted molar refractivity (Wildman–Crippen MR) is 120 cm³/mol. The van der Waals surface area contributed by atoms with Gasteiger partial charge in [0.05, 0.1) is 5.57 Å². The normalized spacial score (nSPS) is 14.1. The number of halogens is 1. The number of hydrogen-bond acceptors (Lipinski definition) is 4. The largest absolute Gasteiger partial charge is 0.382 e. The molecule has 0 saturated heterocycles. The number of carbonyl (C=O) groups is 2. The van der Waals surface area contributed by atoms with Crippen LogP contribution in [0.25, 0.3) is 5.57 Å². The number of hydrogen-bond donors (Lipinski definition) is 1. The lowest BCUT2D eigenvalue weighted by Gasteiger charge is -2.15. The standard InChI is InChI=1S/C24H27ClN2O3/c1-5-30-12-6-11-27-23(28)21(18-9-7-15(2)17(4)13-18)22(24(27)29)26-20-14-19(25)10-8-16(20)3/h7-10,13-14,26H,5-6,11-12H2,1-4H3. The van der Waals surface area contributed by atoms with E-state index in [9.17, 15) is 9.59 Å². The van der Waals surface area contributed by atoms with Gasteiger partial charge in [0.25, 0.3) is 11.8 Å². The van der Waals surface area contributed by atoms with Gasteiger partial charge in [0.1, 0.15) is 5.70 Å². The van der Waals surface area contributed by atoms with Gasteiger partial charge in [-0.1, -0.05) is 35.9 Å². The highest BCUT2D eigenvalue weighted by Crippen LogP contribution is 2.33. The fourth-order valence-corrected chi connectivity index (χ4v) is 3.56. The Morgan fingerprint density at radius 3 is 2.40 bits per heavy atom. The minimum atomic E-state index is -0.330. The summed E-state index contributed by atoms with van der Waals surface area (Å²) in [7, 11) is 0. The number of amides is 2. The molecule has 2 aromatic rings. The van der Waals surface area contributed by atoms with Crippen molar-refractivity contribution in [3.8, 4) is 0 Å². The van der Waals surface area contributed by atoms with Gasteiger partial charge in [0, 0.05) is 30.5 Å². The predicted octanol–water partition coefficient (Wildman–Crippen LogP) is 4.88. The summed E-state index contributed by atoms with van der Waals surface area (Å²) in [5.41, 5.74) is 5.23. The molecule has 6 heteroatoms. The van der Waals surface area contributed by atoms with Crippen molar-refractivity contribution in [1.82, 2.24) is 4.90 Å². The van der Waals surface area contributed by atoms with Crippen molar-refractivity contribution < 1.29 is 14.3 Å². The SMILES string of the molecule is CCOCCCN1C(=O)C(Nc2cc(Cl)ccc2C)=C(c2ccc(C)c(C)c2)C1=O. The molecule has 0 fully saturated rings. The van der Waals surface area contributed by atoms with Crippen molar-refractivity contribution in [2.24, 2.45) is 0 Å². The molecule has 0 unspecified atom stereocenters. The number of nitrogens with one attached hydrogen (secondary N) is 1. The fourth-order valence-electron chi connectivity index (χ4n) is 3.39. The van der Waals surface area contributed by atoms with Crippen LogP contribution in [0.4, 0.5) is 5.69 Å². The number of ether oxygens (including phenoxy) is 1. The molecule has 0 saturated carbocycles. The highest BCUT2D eigenvalue weighted by Gasteiger charge is 2.39. The number of aryl methyl sites for hydroxylation is 3. The number of rotatable bonds is 8. The van der Waals surface area contributed by atoms with Crippen molar-refractivity contribution >= 4 is 34.7 Å². The minimum Gasteiger partial charge on any atom is -0.382 e. The molecule has 3 rings (SSSR count). The van der Waals surface area contributed by atoms with E-state index in [2.05, 4.69) is 5.32 Å². The van der Waals surface area contributed by atoms with Crippen LogP contribution in [0.3, 0.4) is 0 Å². The highest BCUT2D eigenvalue weighted by atomic mass is 35.5. The average Bonchev–Trinajstić information content (AvgIpc) is 2.94. The lowest BCUT2D eigenvalue weighted by molar-refractivity contribution is -0.137. The summed E-state index contributed by atoms with van der Waals surface area (Å²) in [4.78, 5) is 27.8. The molecule has 1 N–H and O–H groups in total. The zero-order valence-electron chi connectivity index (χ0n) is 17.8. The van der Waals surface area contributed by atoms with Crippen molar-refractivity contribution in [1.29, 1.82) is 0 Å². The molecule has 0 atom stereocenters. The van der Waals surface area contributed by atoms with Gasteiger partial charge in [-0.05, 0) is 68.5 Å². The number of nitrogens with zero attached hydrogens (tertiary/aromatic N) is 1. The van der Waals surface area contributed by atoms with Crippen molar-refractivity contribution in [3.05, 3.63) is 69.4 Å². The van der Waals surface area contributed by atoms with Crippen LogP contribution in [0.2, 0.25) is 5.02 Å². The summed E-state index contributed by atoms with van der Waals surface area (Å²) in [6.45, 7) is 9.28. The topological polar surface area (TPSA) is 58.6 Å². The van der Waals surface area contributed by atoms with Crippen LogP contribution in [-0.4, -0.2) is 36.5 Å². The second-order valence-corrected chi connectivity index (χ2v) is 7.88. The first kappa shape index (κ1) is 22.1. The van der Waals surface area contributed by atoms with Crippen LogP contribution >= 0.6 is 11.6 Å². The van der Waals surface area contributed by atoms with Gasteiger partial charge in [0.2, 0.25) is 0 Å². The Hall–Kier alpha value is -2.63. The van der Waals surface area contributed by atoms with Gasteiger partial charge in [-0.15, -0.1) is 0 Å². The summed E-state index contributed by atoms with van der Waals surface area (Å²) in [6, 6.07) is 11.2. The molecule has 0 bridgehead atoms. The third-order valence-corrected chi connectivity index (χ3v) is 5.53. The van der Waals surface area contributed by atoms with E-state index >= 15 is 0 Å². The van der Waals surface area contributed by atoms with Crippen molar-refractivity contribution in [3.63, 3.8) is 0 Å². The third kappa shape index (κ3) is 4.58. The Kier molecular flexibility index (Phi) is 6.95. The van der Waals surface area contributed by atoms with E-state index in [1.807, 2.05) is 52.0 Å². The maximum absolute atomic E-state index is 13.3. The van der Waals surface area contributed by atoms with Gasteiger partial charge in [0.15, 0.2) is 0 Å². The van der Waals surface area contributed by atoms with Crippen molar-refractivity contribution in [2.75, 3.05) is 25.1 Å². The Labute approximate surface area is 182 Å². The van der Waals surface area contributed by atoms with Crippen LogP contribution in [0.15, 0.2) is 42.1 Å². The zero-order valence-corrected chi connectivity index (χ0v) is 18.6. The Balaban J connectivity index is 2.01. The number of imide groups is 1. The molecule has 158 valence electrons. The fraction of sp³-hybridized carbons (Fsp3) is 0.333. The number of carbonyl (C=O) groups excluding carboxylic acids is 2. The summed E-state index contributed by atoms with van der Waals surface area (Å²) in [5, 5.41) is 3.75. The van der Waals surface area contributed by atoms with Gasteiger partial charge in [-0.25, -0.2) is 0 Å². The lowest BCUT2D eigenvalue weighted by atomic mass is 9.99. The lowest BCUT2D eigenvalue weighted by Crippen LogP contribution is -2.34. The third-order valence-electron chi connectivity index (χ3n) is 5.30. The van der Waals surface area contributed by atoms with Gasteiger partial charge < -0.3 is 10.1 Å². The second-order valence-electron chi connectivity index (χ2n) is 7.45. The first-order valence-corrected chi connectivity index (χ1v) is 10.5. The summed E-state index contributed by atoms with van der Waals surface area (Å²) in [5.74, 6) is -0.619. The molecule has 0 radical (unpaired) electrons. The van der Waals surface area contributed by atoms with Gasteiger partial charge in [-0.3, -0.25) is 14.5 Å². The Morgan fingerprint density at radius 2 is 1.70 bits per heavy atom. The molecular weight excluding hydrogens is 400 g/mol. The van der Waals surface area contributed by atoms with Crippen LogP contribution in [0.5, 0.6) is 0 Å². The summed E-state index contributed by atoms with van der Waals surface area (Å²) >= 11 is 6.15. The quantitative estimate of drug-likeness (QED) is 0.482. The molecular formula is C24H27ClN2O3. The first-order valence-electron chi connectivity index (χ1n) is 10.1. The molecule has 0 spiro atoms. The van der Waals surface area contributed by atoms with E-state index in [0.717, 1.165) is 22.3 Å². The Bertz CT molecular complexity index is 1010. The highest BCUT2D eigenvalue weighted by molar-refractivity contribution is 6.36. The van der Waals surface area contributed by atoms with E-state index in [-0.39, 0.29) is 17.5 Å². The first-order chi connectivity index (χ1) is 14.3. The average molecular weight is 427 g/mol. The maximum Gasteiger partial charge on any atom is 0.278 e. The molecule has 2 aromatic carbocycles. The minimum absolute atomic E-state index is 0.282. The Morgan fingerprint density at radius 1 is 0.967 bits per heavy atom. The molecule has 2 amide bonds. The van der Waals surface area contributed by atoms with Crippen LogP contribution in [-0.2, 0) is 14.3 Å². The van der Waals surface area contributed by atoms with E-state index in [4.69, 9.17) is 16.3 Å². The van der Waals surface area contributed by atoms with Gasteiger partial charge >= 0.3 is 0 Å². The zero-order chi connectivity index (χ0) is 21.8. The molecule has 30 heavy (non-hydrogen) atoms. The molecule has 1 aliphatic rings. The van der Waals surface area contributed by atoms with Crippen molar-refractivity contribution in [2.45, 2.75) is 34.1 Å². The van der Waals surface area contributed by atoms with Crippen LogP contribution in [0.1, 0.15) is 35.6 Å². The smallest absolute Gasteiger partial charge is 0.278 e. The number of anilines is 1. The van der Waals surface area contributed by atoms with E-state index in [0.29, 0.717) is 42.5 Å². The molecule has 1 aliphatic heterocycles. The summed E-state index contributed by atoms with van der Waals surface area (Å²) < 4.78 is 5.36. The van der Waals surface area contributed by atoms with Crippen LogP contribution in [0, 0.1) is 20.8 Å². The monoisotopic (exact) mass is 426 g/mol. The molecule has 0 aliphatic carbocycles. The van der Waals surface area contributed by atoms with Gasteiger partial charge in [-0.2, -0.15) is 0 Å². The number of benzene rings is 2. The molecule has 1 heterocycles. The van der Waals surface area contributed by atoms with E-state index in [1.165, 1.54) is 4.90 Å². The maximum atomic E-state index is 13.3. The van der Waals surface area contributed by atoms with E-state index < -0.39 is 0 Å². The summed E-state index contributed by atoms with van der Waals surface area (Å²) in [6.07, 6.45) is 0.592. The molecule has 0 aromatic heterocycles. The molecule has 5 nitrogen and oxygen atoms in total.